The molecule has 1 heterocycles. The van der Waals surface area contributed by atoms with E-state index in [-0.39, 0.29) is 6.04 Å². The molecule has 0 aromatic heterocycles. The first-order valence-electron chi connectivity index (χ1n) is 7.83. The molecule has 1 saturated carbocycles. The first-order valence-corrected chi connectivity index (χ1v) is 7.83. The van der Waals surface area contributed by atoms with Gasteiger partial charge < -0.3 is 10.5 Å². The van der Waals surface area contributed by atoms with Crippen LogP contribution in [-0.4, -0.2) is 36.7 Å². The summed E-state index contributed by atoms with van der Waals surface area (Å²) in [4.78, 5) is 2.56. The van der Waals surface area contributed by atoms with Gasteiger partial charge in [0.2, 0.25) is 0 Å². The Morgan fingerprint density at radius 3 is 3.05 bits per heavy atom. The van der Waals surface area contributed by atoms with Gasteiger partial charge in [-0.1, -0.05) is 23.8 Å². The maximum atomic E-state index is 6.50. The van der Waals surface area contributed by atoms with Crippen LogP contribution in [-0.2, 0) is 4.74 Å². The Kier molecular flexibility index (Phi) is 4.11. The molecular weight excluding hydrogens is 248 g/mol. The summed E-state index contributed by atoms with van der Waals surface area (Å²) in [6.07, 6.45) is 4.24. The summed E-state index contributed by atoms with van der Waals surface area (Å²) in [5, 5.41) is 0. The maximum Gasteiger partial charge on any atom is 0.0730 e. The van der Waals surface area contributed by atoms with Gasteiger partial charge in [0, 0.05) is 25.2 Å². The summed E-state index contributed by atoms with van der Waals surface area (Å²) >= 11 is 0. The highest BCUT2D eigenvalue weighted by Crippen LogP contribution is 2.31. The molecule has 0 radical (unpaired) electrons. The highest BCUT2D eigenvalue weighted by atomic mass is 16.5. The van der Waals surface area contributed by atoms with Gasteiger partial charge in [-0.3, -0.25) is 4.90 Å². The Bertz CT molecular complexity index is 474. The highest BCUT2D eigenvalue weighted by molar-refractivity contribution is 5.33. The minimum Gasteiger partial charge on any atom is -0.375 e. The van der Waals surface area contributed by atoms with E-state index in [1.807, 2.05) is 0 Å². The molecule has 2 fully saturated rings. The molecule has 0 bridgehead atoms. The van der Waals surface area contributed by atoms with Crippen molar-refractivity contribution < 1.29 is 4.74 Å². The Morgan fingerprint density at radius 1 is 1.35 bits per heavy atom. The molecule has 2 N–H and O–H groups in total. The van der Waals surface area contributed by atoms with Crippen molar-refractivity contribution in [2.45, 2.75) is 51.3 Å². The van der Waals surface area contributed by atoms with Crippen molar-refractivity contribution in [1.29, 1.82) is 0 Å². The average molecular weight is 274 g/mol. The molecule has 3 heteroatoms. The van der Waals surface area contributed by atoms with Gasteiger partial charge in [-0.2, -0.15) is 0 Å². The Labute approximate surface area is 122 Å². The predicted octanol–water partition coefficient (Wildman–Crippen LogP) is 2.56. The minimum atomic E-state index is 0.106. The average Bonchev–Trinajstić information content (AvgIpc) is 2.91. The van der Waals surface area contributed by atoms with E-state index in [1.165, 1.54) is 36.0 Å². The third-order valence-corrected chi connectivity index (χ3v) is 4.86. The normalized spacial score (nSPS) is 28.4. The number of fused-ring (bicyclic) bond motifs is 1. The molecule has 0 amide bonds. The molecule has 1 aromatic rings. The van der Waals surface area contributed by atoms with E-state index in [4.69, 9.17) is 10.5 Å². The van der Waals surface area contributed by atoms with Crippen molar-refractivity contribution in [2.75, 3.05) is 19.7 Å². The second-order valence-corrected chi connectivity index (χ2v) is 6.37. The van der Waals surface area contributed by atoms with Crippen molar-refractivity contribution in [3.8, 4) is 0 Å². The summed E-state index contributed by atoms with van der Waals surface area (Å²) in [6.45, 7) is 7.14. The first kappa shape index (κ1) is 14.1. The largest absolute Gasteiger partial charge is 0.375 e. The fraction of sp³-hybridized carbons (Fsp3) is 0.647. The van der Waals surface area contributed by atoms with Crippen LogP contribution in [0.25, 0.3) is 0 Å². The van der Waals surface area contributed by atoms with Gasteiger partial charge in [0.25, 0.3) is 0 Å². The van der Waals surface area contributed by atoms with Gasteiger partial charge >= 0.3 is 0 Å². The third-order valence-electron chi connectivity index (χ3n) is 4.86. The molecule has 20 heavy (non-hydrogen) atoms. The summed E-state index contributed by atoms with van der Waals surface area (Å²) in [5.41, 5.74) is 10.4. The van der Waals surface area contributed by atoms with E-state index in [2.05, 4.69) is 36.9 Å². The lowest BCUT2D eigenvalue weighted by Gasteiger charge is -2.39. The van der Waals surface area contributed by atoms with E-state index in [1.54, 1.807) is 0 Å². The standard InChI is InChI=1S/C17H26N2O/c1-12-6-7-13(2)14(10-12)15(18)11-19-8-9-20-17-5-3-4-16(17)19/h6-7,10,15-17H,3-5,8-9,11,18H2,1-2H3. The smallest absolute Gasteiger partial charge is 0.0730 e. The van der Waals surface area contributed by atoms with Crippen LogP contribution in [0, 0.1) is 13.8 Å². The molecule has 3 unspecified atom stereocenters. The van der Waals surface area contributed by atoms with E-state index in [9.17, 15) is 0 Å². The Morgan fingerprint density at radius 2 is 2.20 bits per heavy atom. The minimum absolute atomic E-state index is 0.106. The Balaban J connectivity index is 1.71. The van der Waals surface area contributed by atoms with Gasteiger partial charge in [0.15, 0.2) is 0 Å². The summed E-state index contributed by atoms with van der Waals surface area (Å²) in [7, 11) is 0. The van der Waals surface area contributed by atoms with Gasteiger partial charge in [0.05, 0.1) is 12.7 Å². The highest BCUT2D eigenvalue weighted by Gasteiger charge is 2.36. The fourth-order valence-corrected chi connectivity index (χ4v) is 3.74. The van der Waals surface area contributed by atoms with Gasteiger partial charge in [-0.05, 0) is 44.2 Å². The van der Waals surface area contributed by atoms with Crippen LogP contribution in [0.5, 0.6) is 0 Å². The Hall–Kier alpha value is -0.900. The van der Waals surface area contributed by atoms with Crippen molar-refractivity contribution in [2.24, 2.45) is 5.73 Å². The molecule has 1 saturated heterocycles. The van der Waals surface area contributed by atoms with Crippen molar-refractivity contribution >= 4 is 0 Å². The van der Waals surface area contributed by atoms with Crippen LogP contribution in [0.4, 0.5) is 0 Å². The lowest BCUT2D eigenvalue weighted by atomic mass is 9.98. The van der Waals surface area contributed by atoms with Crippen LogP contribution >= 0.6 is 0 Å². The second-order valence-electron chi connectivity index (χ2n) is 6.37. The zero-order valence-corrected chi connectivity index (χ0v) is 12.6. The molecule has 0 spiro atoms. The number of hydrogen-bond donors (Lipinski definition) is 1. The molecule has 2 aliphatic rings. The lowest BCUT2D eigenvalue weighted by Crippen LogP contribution is -2.50. The summed E-state index contributed by atoms with van der Waals surface area (Å²) < 4.78 is 5.88. The molecule has 1 aliphatic carbocycles. The van der Waals surface area contributed by atoms with Crippen LogP contribution in [0.1, 0.15) is 42.0 Å². The van der Waals surface area contributed by atoms with E-state index in [0.717, 1.165) is 19.7 Å². The molecule has 1 aliphatic heterocycles. The number of nitrogens with two attached hydrogens (primary N) is 1. The number of benzene rings is 1. The molecule has 110 valence electrons. The quantitative estimate of drug-likeness (QED) is 0.920. The number of morpholine rings is 1. The molecule has 3 rings (SSSR count). The molecule has 3 atom stereocenters. The maximum absolute atomic E-state index is 6.50. The van der Waals surface area contributed by atoms with Crippen molar-refractivity contribution in [3.05, 3.63) is 34.9 Å². The van der Waals surface area contributed by atoms with E-state index < -0.39 is 0 Å². The van der Waals surface area contributed by atoms with Gasteiger partial charge in [-0.25, -0.2) is 0 Å². The number of aryl methyl sites for hydroxylation is 2. The number of hydrogen-bond acceptors (Lipinski definition) is 3. The SMILES string of the molecule is Cc1ccc(C)c(C(N)CN2CCOC3CCCC32)c1. The second kappa shape index (κ2) is 5.84. The lowest BCUT2D eigenvalue weighted by molar-refractivity contribution is -0.0572. The monoisotopic (exact) mass is 274 g/mol. The van der Waals surface area contributed by atoms with Crippen LogP contribution < -0.4 is 5.73 Å². The van der Waals surface area contributed by atoms with Gasteiger partial charge in [0.1, 0.15) is 0 Å². The topological polar surface area (TPSA) is 38.5 Å². The first-order chi connectivity index (χ1) is 9.65. The zero-order chi connectivity index (χ0) is 14.1. The molecule has 1 aromatic carbocycles. The fourth-order valence-electron chi connectivity index (χ4n) is 3.74. The number of ether oxygens (including phenoxy) is 1. The number of nitrogens with zero attached hydrogens (tertiary/aromatic N) is 1. The molecular formula is C17H26N2O. The van der Waals surface area contributed by atoms with Crippen LogP contribution in [0.2, 0.25) is 0 Å². The van der Waals surface area contributed by atoms with Crippen molar-refractivity contribution in [3.63, 3.8) is 0 Å². The molecule has 3 nitrogen and oxygen atoms in total. The van der Waals surface area contributed by atoms with Gasteiger partial charge in [-0.15, -0.1) is 0 Å². The summed E-state index contributed by atoms with van der Waals surface area (Å²) in [5.74, 6) is 0. The van der Waals surface area contributed by atoms with E-state index in [0.29, 0.717) is 12.1 Å². The van der Waals surface area contributed by atoms with Crippen LogP contribution in [0.3, 0.4) is 0 Å². The number of rotatable bonds is 3. The predicted molar refractivity (Wildman–Crippen MR) is 81.8 cm³/mol. The van der Waals surface area contributed by atoms with E-state index >= 15 is 0 Å². The summed E-state index contributed by atoms with van der Waals surface area (Å²) in [6, 6.07) is 7.29. The van der Waals surface area contributed by atoms with Crippen molar-refractivity contribution in [1.82, 2.24) is 4.90 Å². The third kappa shape index (κ3) is 2.76. The van der Waals surface area contributed by atoms with Crippen LogP contribution in [0.15, 0.2) is 18.2 Å². The zero-order valence-electron chi connectivity index (χ0n) is 12.6.